The van der Waals surface area contributed by atoms with E-state index < -0.39 is 0 Å². The van der Waals surface area contributed by atoms with Gasteiger partial charge in [0.2, 0.25) is 0 Å². The molecular weight excluding hydrogens is 308 g/mol. The second kappa shape index (κ2) is 5.79. The van der Waals surface area contributed by atoms with Crippen LogP contribution in [0.3, 0.4) is 0 Å². The Labute approximate surface area is 119 Å². The normalized spacial score (nSPS) is 10.1. The van der Waals surface area contributed by atoms with Crippen LogP contribution in [0.25, 0.3) is 0 Å². The number of nitrogens with one attached hydrogen (secondary N) is 1. The minimum atomic E-state index is -0.195. The molecule has 0 aromatic carbocycles. The number of halogens is 1. The molecule has 0 bridgehead atoms. The van der Waals surface area contributed by atoms with Crippen LogP contribution in [0.5, 0.6) is 0 Å². The Morgan fingerprint density at radius 1 is 1.26 bits per heavy atom. The first kappa shape index (κ1) is 13.5. The third-order valence-electron chi connectivity index (χ3n) is 2.45. The smallest absolute Gasteiger partial charge is 0.255 e. The van der Waals surface area contributed by atoms with Crippen LogP contribution in [0.1, 0.15) is 10.4 Å². The predicted octanol–water partition coefficient (Wildman–Crippen LogP) is 2.56. The highest BCUT2D eigenvalue weighted by molar-refractivity contribution is 9.10. The van der Waals surface area contributed by atoms with Gasteiger partial charge in [-0.15, -0.1) is 0 Å². The van der Waals surface area contributed by atoms with E-state index in [1.165, 1.54) is 0 Å². The van der Waals surface area contributed by atoms with Crippen molar-refractivity contribution in [2.45, 2.75) is 0 Å². The van der Waals surface area contributed by atoms with Crippen LogP contribution in [0, 0.1) is 0 Å². The van der Waals surface area contributed by atoms with Gasteiger partial charge in [0.05, 0.1) is 5.69 Å². The Balaban J connectivity index is 2.24. The van der Waals surface area contributed by atoms with Crippen molar-refractivity contribution in [3.63, 3.8) is 0 Å². The lowest BCUT2D eigenvalue weighted by Gasteiger charge is -2.16. The molecule has 1 N–H and O–H groups in total. The van der Waals surface area contributed by atoms with Crippen LogP contribution in [0.15, 0.2) is 41.3 Å². The fourth-order valence-corrected chi connectivity index (χ4v) is 1.95. The van der Waals surface area contributed by atoms with Crippen LogP contribution < -0.4 is 10.2 Å². The molecule has 0 fully saturated rings. The average molecular weight is 321 g/mol. The van der Waals surface area contributed by atoms with Gasteiger partial charge in [-0.1, -0.05) is 0 Å². The molecule has 6 heteroatoms. The molecule has 2 aromatic heterocycles. The summed E-state index contributed by atoms with van der Waals surface area (Å²) in [6.07, 6.45) is 3.27. The van der Waals surface area contributed by atoms with Gasteiger partial charge in [0, 0.05) is 32.1 Å². The number of rotatable bonds is 3. The van der Waals surface area contributed by atoms with Crippen LogP contribution in [0.2, 0.25) is 0 Å². The van der Waals surface area contributed by atoms with E-state index in [1.54, 1.807) is 30.6 Å². The van der Waals surface area contributed by atoms with E-state index in [1.807, 2.05) is 25.1 Å². The molecule has 0 unspecified atom stereocenters. The first-order valence-electron chi connectivity index (χ1n) is 5.63. The lowest BCUT2D eigenvalue weighted by atomic mass is 10.2. The molecule has 0 atom stereocenters. The summed E-state index contributed by atoms with van der Waals surface area (Å²) in [6.45, 7) is 0. The highest BCUT2D eigenvalue weighted by Crippen LogP contribution is 2.21. The van der Waals surface area contributed by atoms with Crippen molar-refractivity contribution >= 4 is 33.3 Å². The van der Waals surface area contributed by atoms with Crippen molar-refractivity contribution in [3.05, 3.63) is 46.8 Å². The number of pyridine rings is 2. The standard InChI is InChI=1S/C13H13BrN4O/c1-18(2)12-10(4-3-6-16-12)17-13(19)9-5-7-15-11(14)8-9/h3-8H,1-2H3,(H,17,19). The van der Waals surface area contributed by atoms with Crippen LogP contribution in [-0.4, -0.2) is 30.0 Å². The monoisotopic (exact) mass is 320 g/mol. The van der Waals surface area contributed by atoms with E-state index >= 15 is 0 Å². The van der Waals surface area contributed by atoms with Gasteiger partial charge in [-0.2, -0.15) is 0 Å². The highest BCUT2D eigenvalue weighted by Gasteiger charge is 2.11. The third-order valence-corrected chi connectivity index (χ3v) is 2.88. The number of amides is 1. The molecule has 0 aliphatic carbocycles. The minimum Gasteiger partial charge on any atom is -0.361 e. The van der Waals surface area contributed by atoms with Crippen LogP contribution in [0.4, 0.5) is 11.5 Å². The van der Waals surface area contributed by atoms with Gasteiger partial charge in [0.15, 0.2) is 5.82 Å². The second-order valence-corrected chi connectivity index (χ2v) is 4.90. The summed E-state index contributed by atoms with van der Waals surface area (Å²) in [5.41, 5.74) is 1.21. The number of carbonyl (C=O) groups is 1. The number of hydrogen-bond donors (Lipinski definition) is 1. The molecule has 19 heavy (non-hydrogen) atoms. The Morgan fingerprint density at radius 2 is 2.05 bits per heavy atom. The van der Waals surface area contributed by atoms with E-state index in [9.17, 15) is 4.79 Å². The van der Waals surface area contributed by atoms with Crippen molar-refractivity contribution < 1.29 is 4.79 Å². The fraction of sp³-hybridized carbons (Fsp3) is 0.154. The van der Waals surface area contributed by atoms with Crippen LogP contribution in [-0.2, 0) is 0 Å². The molecule has 5 nitrogen and oxygen atoms in total. The highest BCUT2D eigenvalue weighted by atomic mass is 79.9. The summed E-state index contributed by atoms with van der Waals surface area (Å²) in [7, 11) is 3.75. The largest absolute Gasteiger partial charge is 0.361 e. The fourth-order valence-electron chi connectivity index (χ4n) is 1.59. The number of nitrogens with zero attached hydrogens (tertiary/aromatic N) is 3. The van der Waals surface area contributed by atoms with E-state index in [0.717, 1.165) is 0 Å². The zero-order valence-electron chi connectivity index (χ0n) is 10.6. The maximum absolute atomic E-state index is 12.1. The molecule has 98 valence electrons. The lowest BCUT2D eigenvalue weighted by molar-refractivity contribution is 0.102. The molecular formula is C13H13BrN4O. The lowest BCUT2D eigenvalue weighted by Crippen LogP contribution is -2.17. The number of hydrogen-bond acceptors (Lipinski definition) is 4. The molecule has 2 rings (SSSR count). The van der Waals surface area contributed by atoms with Crippen molar-refractivity contribution in [1.29, 1.82) is 0 Å². The second-order valence-electron chi connectivity index (χ2n) is 4.09. The van der Waals surface area contributed by atoms with Crippen LogP contribution >= 0.6 is 15.9 Å². The third kappa shape index (κ3) is 3.29. The minimum absolute atomic E-state index is 0.195. The maximum Gasteiger partial charge on any atom is 0.255 e. The van der Waals surface area contributed by atoms with Gasteiger partial charge in [-0.05, 0) is 40.2 Å². The Morgan fingerprint density at radius 3 is 2.74 bits per heavy atom. The zero-order valence-corrected chi connectivity index (χ0v) is 12.2. The van der Waals surface area contributed by atoms with E-state index in [-0.39, 0.29) is 5.91 Å². The summed E-state index contributed by atoms with van der Waals surface area (Å²) in [4.78, 5) is 22.2. The van der Waals surface area contributed by atoms with Crippen molar-refractivity contribution in [1.82, 2.24) is 9.97 Å². The molecule has 2 aromatic rings. The van der Waals surface area contributed by atoms with E-state index in [2.05, 4.69) is 31.2 Å². The molecule has 0 aliphatic rings. The Bertz CT molecular complexity index is 601. The van der Waals surface area contributed by atoms with Gasteiger partial charge in [-0.3, -0.25) is 4.79 Å². The first-order valence-corrected chi connectivity index (χ1v) is 6.42. The Kier molecular flexibility index (Phi) is 4.11. The zero-order chi connectivity index (χ0) is 13.8. The topological polar surface area (TPSA) is 58.1 Å². The van der Waals surface area contributed by atoms with Crippen molar-refractivity contribution in [2.24, 2.45) is 0 Å². The summed E-state index contributed by atoms with van der Waals surface area (Å²) in [5.74, 6) is 0.517. The van der Waals surface area contributed by atoms with E-state index in [4.69, 9.17) is 0 Å². The van der Waals surface area contributed by atoms with Gasteiger partial charge < -0.3 is 10.2 Å². The number of carbonyl (C=O) groups excluding carboxylic acids is 1. The van der Waals surface area contributed by atoms with Gasteiger partial charge in [0.25, 0.3) is 5.91 Å². The summed E-state index contributed by atoms with van der Waals surface area (Å²) in [5, 5.41) is 2.84. The quantitative estimate of drug-likeness (QED) is 0.883. The molecule has 0 radical (unpaired) electrons. The van der Waals surface area contributed by atoms with Crippen molar-refractivity contribution in [2.75, 3.05) is 24.3 Å². The Hall–Kier alpha value is -1.95. The van der Waals surface area contributed by atoms with Gasteiger partial charge >= 0.3 is 0 Å². The summed E-state index contributed by atoms with van der Waals surface area (Å²) >= 11 is 3.24. The average Bonchev–Trinajstić information content (AvgIpc) is 2.39. The predicted molar refractivity (Wildman–Crippen MR) is 78.5 cm³/mol. The van der Waals surface area contributed by atoms with Crippen molar-refractivity contribution in [3.8, 4) is 0 Å². The van der Waals surface area contributed by atoms with E-state index in [0.29, 0.717) is 21.7 Å². The van der Waals surface area contributed by atoms with Gasteiger partial charge in [-0.25, -0.2) is 9.97 Å². The molecule has 0 aliphatic heterocycles. The molecule has 0 spiro atoms. The molecule has 0 saturated carbocycles. The molecule has 1 amide bonds. The number of anilines is 2. The summed E-state index contributed by atoms with van der Waals surface area (Å²) < 4.78 is 0.624. The molecule has 2 heterocycles. The maximum atomic E-state index is 12.1. The number of aromatic nitrogens is 2. The first-order chi connectivity index (χ1) is 9.08. The SMILES string of the molecule is CN(C)c1ncccc1NC(=O)c1ccnc(Br)c1. The molecule has 0 saturated heterocycles. The summed E-state index contributed by atoms with van der Waals surface area (Å²) in [6, 6.07) is 6.92. The van der Waals surface area contributed by atoms with Gasteiger partial charge in [0.1, 0.15) is 4.60 Å².